The smallest absolute Gasteiger partial charge is 0.270 e. The molecule has 1 amide bonds. The fourth-order valence-corrected chi connectivity index (χ4v) is 2.72. The maximum Gasteiger partial charge on any atom is 0.270 e. The number of nitrogens with zero attached hydrogens (tertiary/aromatic N) is 1. The van der Waals surface area contributed by atoms with Gasteiger partial charge in [-0.15, -0.1) is 11.3 Å². The molecule has 2 aromatic rings. The summed E-state index contributed by atoms with van der Waals surface area (Å²) >= 11 is 1.42. The van der Waals surface area contributed by atoms with E-state index in [4.69, 9.17) is 10.5 Å². The van der Waals surface area contributed by atoms with Gasteiger partial charge < -0.3 is 15.8 Å². The third-order valence-corrected chi connectivity index (χ3v) is 3.97. The number of aromatic nitrogens is 1. The number of nitrogens with one attached hydrogen (secondary N) is 1. The molecule has 0 aliphatic rings. The lowest BCUT2D eigenvalue weighted by Gasteiger charge is -2.06. The minimum absolute atomic E-state index is 0.211. The van der Waals surface area contributed by atoms with Crippen LogP contribution in [0.2, 0.25) is 0 Å². The van der Waals surface area contributed by atoms with E-state index in [-0.39, 0.29) is 11.7 Å². The molecule has 0 unspecified atom stereocenters. The molecule has 0 fully saturated rings. The Morgan fingerprint density at radius 3 is 2.95 bits per heavy atom. The first-order valence-corrected chi connectivity index (χ1v) is 7.77. The van der Waals surface area contributed by atoms with Gasteiger partial charge in [-0.2, -0.15) is 0 Å². The van der Waals surface area contributed by atoms with E-state index >= 15 is 0 Å². The Labute approximate surface area is 132 Å². The Hall–Kier alpha value is -1.99. The highest BCUT2D eigenvalue weighted by Crippen LogP contribution is 2.17. The van der Waals surface area contributed by atoms with E-state index in [1.807, 2.05) is 0 Å². The topological polar surface area (TPSA) is 77.2 Å². The molecule has 22 heavy (non-hydrogen) atoms. The average Bonchev–Trinajstić information content (AvgIpc) is 2.96. The molecule has 118 valence electrons. The number of rotatable bonds is 7. The van der Waals surface area contributed by atoms with Crippen LogP contribution in [-0.2, 0) is 12.8 Å². The van der Waals surface area contributed by atoms with Crippen molar-refractivity contribution in [3.63, 3.8) is 0 Å². The molecule has 5 nitrogen and oxygen atoms in total. The first-order chi connectivity index (χ1) is 10.6. The number of ether oxygens (including phenoxy) is 1. The molecule has 2 rings (SSSR count). The number of nitrogens with two attached hydrogens (primary N) is 1. The maximum absolute atomic E-state index is 13.5. The van der Waals surface area contributed by atoms with Crippen molar-refractivity contribution in [1.82, 2.24) is 10.3 Å². The van der Waals surface area contributed by atoms with Crippen molar-refractivity contribution < 1.29 is 13.9 Å². The summed E-state index contributed by atoms with van der Waals surface area (Å²) in [6, 6.07) is 4.76. The van der Waals surface area contributed by atoms with Crippen molar-refractivity contribution in [3.8, 4) is 5.75 Å². The Morgan fingerprint density at radius 2 is 2.27 bits per heavy atom. The second-order valence-corrected chi connectivity index (χ2v) is 5.58. The van der Waals surface area contributed by atoms with Crippen LogP contribution in [0.3, 0.4) is 0 Å². The lowest BCUT2D eigenvalue weighted by Crippen LogP contribution is -2.26. The summed E-state index contributed by atoms with van der Waals surface area (Å²) in [6.45, 7) is 0.923. The Morgan fingerprint density at radius 1 is 1.45 bits per heavy atom. The van der Waals surface area contributed by atoms with Crippen molar-refractivity contribution >= 4 is 17.2 Å². The van der Waals surface area contributed by atoms with Crippen LogP contribution in [0, 0.1) is 5.82 Å². The first-order valence-electron chi connectivity index (χ1n) is 6.89. The van der Waals surface area contributed by atoms with Crippen LogP contribution in [0.25, 0.3) is 0 Å². The summed E-state index contributed by atoms with van der Waals surface area (Å²) < 4.78 is 18.4. The van der Waals surface area contributed by atoms with E-state index in [0.717, 1.165) is 10.6 Å². The maximum atomic E-state index is 13.5. The monoisotopic (exact) mass is 323 g/mol. The molecule has 1 aromatic heterocycles. The van der Waals surface area contributed by atoms with Crippen LogP contribution >= 0.6 is 11.3 Å². The predicted octanol–water partition coefficient (Wildman–Crippen LogP) is 1.76. The highest BCUT2D eigenvalue weighted by atomic mass is 32.1. The van der Waals surface area contributed by atoms with Crippen LogP contribution in [0.4, 0.5) is 4.39 Å². The standard InChI is InChI=1S/C15H18FN3O2S/c1-21-13-3-2-10(8-11(13)16)5-7-18-15(20)12-9-22-14(19-12)4-6-17/h2-3,8-9H,4-7,17H2,1H3,(H,18,20). The molecule has 0 spiro atoms. The van der Waals surface area contributed by atoms with Gasteiger partial charge in [0.05, 0.1) is 12.1 Å². The van der Waals surface area contributed by atoms with Crippen LogP contribution in [0.5, 0.6) is 5.75 Å². The molecule has 3 N–H and O–H groups in total. The molecule has 0 bridgehead atoms. The van der Waals surface area contributed by atoms with Gasteiger partial charge in [-0.3, -0.25) is 4.79 Å². The second-order valence-electron chi connectivity index (χ2n) is 4.64. The molecule has 1 heterocycles. The normalized spacial score (nSPS) is 10.5. The molecule has 0 aliphatic heterocycles. The van der Waals surface area contributed by atoms with Gasteiger partial charge in [-0.05, 0) is 30.7 Å². The van der Waals surface area contributed by atoms with E-state index in [9.17, 15) is 9.18 Å². The van der Waals surface area contributed by atoms with Crippen LogP contribution in [0.1, 0.15) is 21.1 Å². The number of carbonyl (C=O) groups excluding carboxylic acids is 1. The van der Waals surface area contributed by atoms with Crippen molar-refractivity contribution in [2.45, 2.75) is 12.8 Å². The molecular formula is C15H18FN3O2S. The van der Waals surface area contributed by atoms with E-state index in [1.54, 1.807) is 17.5 Å². The third-order valence-electron chi connectivity index (χ3n) is 3.06. The van der Waals surface area contributed by atoms with Crippen LogP contribution in [0.15, 0.2) is 23.6 Å². The lowest BCUT2D eigenvalue weighted by atomic mass is 10.1. The van der Waals surface area contributed by atoms with E-state index in [0.29, 0.717) is 31.6 Å². The van der Waals surface area contributed by atoms with E-state index in [2.05, 4.69) is 10.3 Å². The predicted molar refractivity (Wildman–Crippen MR) is 83.9 cm³/mol. The molecular weight excluding hydrogens is 305 g/mol. The first kappa shape index (κ1) is 16.4. The van der Waals surface area contributed by atoms with Gasteiger partial charge in [-0.1, -0.05) is 6.07 Å². The zero-order valence-corrected chi connectivity index (χ0v) is 13.1. The molecule has 7 heteroatoms. The number of methoxy groups -OCH3 is 1. The summed E-state index contributed by atoms with van der Waals surface area (Å²) in [7, 11) is 1.42. The molecule has 0 radical (unpaired) electrons. The van der Waals surface area contributed by atoms with E-state index < -0.39 is 5.82 Å². The Balaban J connectivity index is 1.84. The largest absolute Gasteiger partial charge is 0.494 e. The SMILES string of the molecule is COc1ccc(CCNC(=O)c2csc(CCN)n2)cc1F. The Kier molecular flexibility index (Phi) is 5.85. The highest BCUT2D eigenvalue weighted by Gasteiger charge is 2.10. The second kappa shape index (κ2) is 7.86. The Bertz CT molecular complexity index is 645. The van der Waals surface area contributed by atoms with E-state index in [1.165, 1.54) is 24.5 Å². The van der Waals surface area contributed by atoms with Crippen LogP contribution < -0.4 is 15.8 Å². The minimum atomic E-state index is -0.405. The van der Waals surface area contributed by atoms with Gasteiger partial charge in [0.25, 0.3) is 5.91 Å². The molecule has 0 saturated heterocycles. The number of carbonyl (C=O) groups is 1. The minimum Gasteiger partial charge on any atom is -0.494 e. The number of benzene rings is 1. The average molecular weight is 323 g/mol. The fourth-order valence-electron chi connectivity index (χ4n) is 1.93. The zero-order chi connectivity index (χ0) is 15.9. The van der Waals surface area contributed by atoms with Crippen molar-refractivity contribution in [3.05, 3.63) is 45.7 Å². The summed E-state index contributed by atoms with van der Waals surface area (Å²) in [4.78, 5) is 16.1. The number of hydrogen-bond donors (Lipinski definition) is 2. The van der Waals surface area contributed by atoms with Gasteiger partial charge in [-0.25, -0.2) is 9.37 Å². The summed E-state index contributed by atoms with van der Waals surface area (Å²) in [5, 5.41) is 5.34. The molecule has 0 aliphatic carbocycles. The number of thiazole rings is 1. The quantitative estimate of drug-likeness (QED) is 0.814. The number of hydrogen-bond acceptors (Lipinski definition) is 5. The number of amides is 1. The van der Waals surface area contributed by atoms with Gasteiger partial charge in [0, 0.05) is 18.3 Å². The molecule has 1 aromatic carbocycles. The van der Waals surface area contributed by atoms with Gasteiger partial charge in [0.2, 0.25) is 0 Å². The summed E-state index contributed by atoms with van der Waals surface area (Å²) in [5.74, 6) is -0.423. The van der Waals surface area contributed by atoms with Gasteiger partial charge in [0.1, 0.15) is 5.69 Å². The van der Waals surface area contributed by atoms with Gasteiger partial charge in [0.15, 0.2) is 11.6 Å². The van der Waals surface area contributed by atoms with Crippen LogP contribution in [-0.4, -0.2) is 31.1 Å². The summed E-state index contributed by atoms with van der Waals surface area (Å²) in [5.41, 5.74) is 6.64. The summed E-state index contributed by atoms with van der Waals surface area (Å²) in [6.07, 6.45) is 1.20. The number of halogens is 1. The highest BCUT2D eigenvalue weighted by molar-refractivity contribution is 7.09. The van der Waals surface area contributed by atoms with Crippen molar-refractivity contribution in [1.29, 1.82) is 0 Å². The van der Waals surface area contributed by atoms with Crippen molar-refractivity contribution in [2.75, 3.05) is 20.2 Å². The molecule has 0 atom stereocenters. The fraction of sp³-hybridized carbons (Fsp3) is 0.333. The lowest BCUT2D eigenvalue weighted by molar-refractivity contribution is 0.0949. The third kappa shape index (κ3) is 4.25. The van der Waals surface area contributed by atoms with Gasteiger partial charge >= 0.3 is 0 Å². The molecule has 0 saturated carbocycles. The zero-order valence-electron chi connectivity index (χ0n) is 12.3. The van der Waals surface area contributed by atoms with Crippen molar-refractivity contribution in [2.24, 2.45) is 5.73 Å².